The first kappa shape index (κ1) is 26.1. The number of furan rings is 1. The van der Waals surface area contributed by atoms with Crippen LogP contribution in [0.2, 0.25) is 0 Å². The standard InChI is InChI=1S/C28H29N5O6S/c1-18-25-22(27(34)31-9-11-32(12-10-31)28(35)24-7-4-13-39-24)16-23(19-5-3-6-21(15-19)38-2)29-26(25)33(30-18)20-8-14-40(36,37)17-20/h3-7,13,15-16,20H,8-12,14,17H2,1-2H3. The van der Waals surface area contributed by atoms with Crippen molar-refractivity contribution < 1.29 is 27.2 Å². The zero-order chi connectivity index (χ0) is 28.0. The Labute approximate surface area is 231 Å². The van der Waals surface area contributed by atoms with Gasteiger partial charge >= 0.3 is 0 Å². The van der Waals surface area contributed by atoms with Crippen molar-refractivity contribution in [2.75, 3.05) is 44.8 Å². The van der Waals surface area contributed by atoms with E-state index in [0.717, 1.165) is 5.56 Å². The number of carbonyl (C=O) groups is 2. The lowest BCUT2D eigenvalue weighted by Crippen LogP contribution is -2.50. The van der Waals surface area contributed by atoms with Gasteiger partial charge in [-0.1, -0.05) is 12.1 Å². The van der Waals surface area contributed by atoms with Crippen LogP contribution >= 0.6 is 0 Å². The van der Waals surface area contributed by atoms with Crippen LogP contribution in [0, 0.1) is 6.92 Å². The van der Waals surface area contributed by atoms with Gasteiger partial charge in [-0.25, -0.2) is 18.1 Å². The number of nitrogens with zero attached hydrogens (tertiary/aromatic N) is 5. The highest BCUT2D eigenvalue weighted by Crippen LogP contribution is 2.33. The predicted molar refractivity (Wildman–Crippen MR) is 147 cm³/mol. The van der Waals surface area contributed by atoms with Crippen molar-refractivity contribution in [2.24, 2.45) is 0 Å². The minimum absolute atomic E-state index is 0.0107. The van der Waals surface area contributed by atoms with E-state index < -0.39 is 9.84 Å². The zero-order valence-corrected chi connectivity index (χ0v) is 23.1. The molecule has 0 spiro atoms. The molecule has 0 saturated carbocycles. The summed E-state index contributed by atoms with van der Waals surface area (Å²) in [4.78, 5) is 35.0. The molecule has 0 aliphatic carbocycles. The normalized spacial score (nSPS) is 18.8. The number of pyridine rings is 1. The molecule has 2 aliphatic rings. The molecule has 0 bridgehead atoms. The van der Waals surface area contributed by atoms with Crippen LogP contribution < -0.4 is 4.74 Å². The fourth-order valence-corrected chi connectivity index (χ4v) is 7.17. The van der Waals surface area contributed by atoms with Gasteiger partial charge in [-0.15, -0.1) is 0 Å². The van der Waals surface area contributed by atoms with Crippen LogP contribution in [0.3, 0.4) is 0 Å². The van der Waals surface area contributed by atoms with Crippen molar-refractivity contribution in [1.29, 1.82) is 0 Å². The number of piperazine rings is 1. The fourth-order valence-electron chi connectivity index (χ4n) is 5.47. The Kier molecular flexibility index (Phi) is 6.57. The zero-order valence-electron chi connectivity index (χ0n) is 22.2. The lowest BCUT2D eigenvalue weighted by Gasteiger charge is -2.34. The molecule has 2 saturated heterocycles. The van der Waals surface area contributed by atoms with Crippen LogP contribution in [0.15, 0.2) is 53.1 Å². The highest BCUT2D eigenvalue weighted by molar-refractivity contribution is 7.91. The Bertz CT molecular complexity index is 1700. The first-order valence-corrected chi connectivity index (χ1v) is 14.9. The Balaban J connectivity index is 1.38. The van der Waals surface area contributed by atoms with Crippen molar-refractivity contribution in [3.8, 4) is 17.0 Å². The van der Waals surface area contributed by atoms with Gasteiger partial charge < -0.3 is 19.0 Å². The molecule has 2 aliphatic heterocycles. The van der Waals surface area contributed by atoms with Crippen molar-refractivity contribution in [2.45, 2.75) is 19.4 Å². The van der Waals surface area contributed by atoms with Gasteiger partial charge in [0.25, 0.3) is 11.8 Å². The Morgan fingerprint density at radius 1 is 1.02 bits per heavy atom. The van der Waals surface area contributed by atoms with E-state index in [1.807, 2.05) is 31.2 Å². The number of sulfone groups is 1. The quantitative estimate of drug-likeness (QED) is 0.363. The fraction of sp³-hybridized carbons (Fsp3) is 0.357. The van der Waals surface area contributed by atoms with E-state index >= 15 is 0 Å². The SMILES string of the molecule is COc1cccc(-c2cc(C(=O)N3CCN(C(=O)c4ccco4)CC3)c3c(C)nn(C4CCS(=O)(=O)C4)c3n2)c1. The van der Waals surface area contributed by atoms with Gasteiger partial charge in [-0.3, -0.25) is 9.59 Å². The minimum Gasteiger partial charge on any atom is -0.497 e. The maximum atomic E-state index is 14.0. The third kappa shape index (κ3) is 4.72. The second-order valence-corrected chi connectivity index (χ2v) is 12.4. The van der Waals surface area contributed by atoms with Crippen LogP contribution in [0.4, 0.5) is 0 Å². The largest absolute Gasteiger partial charge is 0.497 e. The van der Waals surface area contributed by atoms with Gasteiger partial charge in [0.2, 0.25) is 0 Å². The lowest BCUT2D eigenvalue weighted by molar-refractivity contribution is 0.0519. The summed E-state index contributed by atoms with van der Waals surface area (Å²) in [7, 11) is -1.58. The summed E-state index contributed by atoms with van der Waals surface area (Å²) in [5.41, 5.74) is 2.85. The number of hydrogen-bond acceptors (Lipinski definition) is 8. The van der Waals surface area contributed by atoms with Gasteiger partial charge in [0.1, 0.15) is 5.75 Å². The van der Waals surface area contributed by atoms with Gasteiger partial charge in [0, 0.05) is 31.7 Å². The molecule has 1 aromatic carbocycles. The minimum atomic E-state index is -3.17. The summed E-state index contributed by atoms with van der Waals surface area (Å²) in [6.45, 7) is 3.28. The molecular formula is C28H29N5O6S. The van der Waals surface area contributed by atoms with E-state index in [0.29, 0.717) is 66.3 Å². The number of aromatic nitrogens is 3. The third-order valence-electron chi connectivity index (χ3n) is 7.57. The second kappa shape index (κ2) is 10.1. The topological polar surface area (TPSA) is 128 Å². The summed E-state index contributed by atoms with van der Waals surface area (Å²) in [5, 5.41) is 5.30. The van der Waals surface area contributed by atoms with Gasteiger partial charge in [0.15, 0.2) is 21.2 Å². The first-order chi connectivity index (χ1) is 19.2. The number of rotatable bonds is 5. The Morgan fingerprint density at radius 2 is 1.77 bits per heavy atom. The Morgan fingerprint density at radius 3 is 2.42 bits per heavy atom. The van der Waals surface area contributed by atoms with Crippen LogP contribution in [-0.4, -0.2) is 89.6 Å². The summed E-state index contributed by atoms with van der Waals surface area (Å²) in [5.74, 6) is 0.617. The molecule has 1 atom stereocenters. The molecule has 12 heteroatoms. The predicted octanol–water partition coefficient (Wildman–Crippen LogP) is 2.97. The number of methoxy groups -OCH3 is 1. The van der Waals surface area contributed by atoms with Gasteiger partial charge in [-0.05, 0) is 43.7 Å². The van der Waals surface area contributed by atoms with Crippen LogP contribution in [0.5, 0.6) is 5.75 Å². The molecule has 2 fully saturated rings. The number of amides is 2. The lowest BCUT2D eigenvalue weighted by atomic mass is 10.0. The van der Waals surface area contributed by atoms with Crippen LogP contribution in [0.25, 0.3) is 22.3 Å². The highest BCUT2D eigenvalue weighted by Gasteiger charge is 2.34. The number of carbonyl (C=O) groups excluding carboxylic acids is 2. The molecule has 4 aromatic rings. The van der Waals surface area contributed by atoms with Crippen molar-refractivity contribution in [3.63, 3.8) is 0 Å². The van der Waals surface area contributed by atoms with Crippen molar-refractivity contribution in [3.05, 3.63) is 65.7 Å². The number of hydrogen-bond donors (Lipinski definition) is 0. The van der Waals surface area contributed by atoms with E-state index in [9.17, 15) is 18.0 Å². The maximum Gasteiger partial charge on any atom is 0.289 e. The molecule has 5 heterocycles. The first-order valence-electron chi connectivity index (χ1n) is 13.1. The van der Waals surface area contributed by atoms with E-state index in [4.69, 9.17) is 14.1 Å². The summed E-state index contributed by atoms with van der Waals surface area (Å²) in [6, 6.07) is 12.1. The highest BCUT2D eigenvalue weighted by atomic mass is 32.2. The molecule has 1 unspecified atom stereocenters. The molecule has 11 nitrogen and oxygen atoms in total. The molecule has 0 radical (unpaired) electrons. The number of benzene rings is 1. The van der Waals surface area contributed by atoms with E-state index in [2.05, 4.69) is 5.10 Å². The summed E-state index contributed by atoms with van der Waals surface area (Å²) in [6.07, 6.45) is 1.91. The molecule has 6 rings (SSSR count). The smallest absolute Gasteiger partial charge is 0.289 e. The molecule has 2 amide bonds. The summed E-state index contributed by atoms with van der Waals surface area (Å²) >= 11 is 0. The van der Waals surface area contributed by atoms with Crippen molar-refractivity contribution in [1.82, 2.24) is 24.6 Å². The molecule has 3 aromatic heterocycles. The molecule has 208 valence electrons. The summed E-state index contributed by atoms with van der Waals surface area (Å²) < 4.78 is 36.9. The second-order valence-electron chi connectivity index (χ2n) is 10.1. The van der Waals surface area contributed by atoms with Crippen LogP contribution in [-0.2, 0) is 9.84 Å². The van der Waals surface area contributed by atoms with Gasteiger partial charge in [-0.2, -0.15) is 5.10 Å². The number of ether oxygens (including phenoxy) is 1. The molecular weight excluding hydrogens is 534 g/mol. The van der Waals surface area contributed by atoms with E-state index in [1.165, 1.54) is 6.26 Å². The maximum absolute atomic E-state index is 14.0. The molecule has 40 heavy (non-hydrogen) atoms. The van der Waals surface area contributed by atoms with Crippen molar-refractivity contribution >= 4 is 32.7 Å². The average molecular weight is 564 g/mol. The van der Waals surface area contributed by atoms with E-state index in [1.54, 1.807) is 39.8 Å². The third-order valence-corrected chi connectivity index (χ3v) is 9.32. The van der Waals surface area contributed by atoms with E-state index in [-0.39, 0.29) is 35.1 Å². The number of fused-ring (bicyclic) bond motifs is 1. The number of aryl methyl sites for hydroxylation is 1. The van der Waals surface area contributed by atoms with Crippen LogP contribution in [0.1, 0.15) is 39.1 Å². The monoisotopic (exact) mass is 563 g/mol. The Hall–Kier alpha value is -4.19. The van der Waals surface area contributed by atoms with Gasteiger partial charge in [0.05, 0.1) is 53.3 Å². The average Bonchev–Trinajstić information content (AvgIpc) is 3.71. The molecule has 0 N–H and O–H groups in total.